The van der Waals surface area contributed by atoms with E-state index in [1.54, 1.807) is 0 Å². The molecular weight excluding hydrogens is 298 g/mol. The number of anilines is 1. The molecule has 1 atom stereocenters. The molecule has 1 saturated heterocycles. The third-order valence-corrected chi connectivity index (χ3v) is 5.23. The zero-order valence-corrected chi connectivity index (χ0v) is 13.7. The molecule has 1 aliphatic carbocycles. The first-order chi connectivity index (χ1) is 10.7. The number of piperazine rings is 1. The Balaban J connectivity index is 1.77. The molecule has 1 saturated carbocycles. The summed E-state index contributed by atoms with van der Waals surface area (Å²) in [5, 5.41) is 4.17. The van der Waals surface area contributed by atoms with Gasteiger partial charge in [0.15, 0.2) is 5.58 Å². The van der Waals surface area contributed by atoms with E-state index in [0.29, 0.717) is 12.0 Å². The van der Waals surface area contributed by atoms with Crippen molar-refractivity contribution < 1.29 is 4.42 Å². The molecule has 118 valence electrons. The van der Waals surface area contributed by atoms with Crippen LogP contribution < -0.4 is 10.2 Å². The largest absolute Gasteiger partial charge is 0.423 e. The molecule has 2 aliphatic rings. The number of rotatable bonds is 2. The number of nitrogens with zero attached hydrogens (tertiary/aromatic N) is 2. The van der Waals surface area contributed by atoms with Gasteiger partial charge in [0.25, 0.3) is 6.01 Å². The van der Waals surface area contributed by atoms with Crippen molar-refractivity contribution in [3.8, 4) is 0 Å². The lowest BCUT2D eigenvalue weighted by molar-refractivity contribution is 0.455. The predicted octanol–water partition coefficient (Wildman–Crippen LogP) is 3.94. The minimum atomic E-state index is 0.396. The maximum absolute atomic E-state index is 6.32. The predicted molar refractivity (Wildman–Crippen MR) is 89.9 cm³/mol. The lowest BCUT2D eigenvalue weighted by Crippen LogP contribution is -2.50. The van der Waals surface area contributed by atoms with E-state index in [1.807, 2.05) is 6.07 Å². The molecule has 4 rings (SSSR count). The standard InChI is InChI=1S/C17H22ClN3O/c1-11-10-19-6-7-21(11)17-20-15-9-13(18)8-14(16(15)22-17)12-4-2-3-5-12/h8-9,11-12,19H,2-7,10H2,1H3/t11-/m0/s1. The molecule has 2 heterocycles. The van der Waals surface area contributed by atoms with Gasteiger partial charge >= 0.3 is 0 Å². The number of fused-ring (bicyclic) bond motifs is 1. The topological polar surface area (TPSA) is 41.3 Å². The summed E-state index contributed by atoms with van der Waals surface area (Å²) >= 11 is 6.32. The van der Waals surface area contributed by atoms with Gasteiger partial charge in [-0.3, -0.25) is 0 Å². The van der Waals surface area contributed by atoms with Gasteiger partial charge in [-0.1, -0.05) is 24.4 Å². The molecule has 0 unspecified atom stereocenters. The van der Waals surface area contributed by atoms with Crippen molar-refractivity contribution in [1.29, 1.82) is 0 Å². The SMILES string of the molecule is C[C@H]1CNCCN1c1nc2cc(Cl)cc(C3CCCC3)c2o1. The van der Waals surface area contributed by atoms with Gasteiger partial charge in [0.2, 0.25) is 0 Å². The van der Waals surface area contributed by atoms with Gasteiger partial charge in [0.1, 0.15) is 5.52 Å². The Kier molecular flexibility index (Phi) is 3.74. The van der Waals surface area contributed by atoms with Gasteiger partial charge in [0.05, 0.1) is 0 Å². The second-order valence-corrected chi connectivity index (χ2v) is 7.00. The number of hydrogen-bond donors (Lipinski definition) is 1. The fraction of sp³-hybridized carbons (Fsp3) is 0.588. The highest BCUT2D eigenvalue weighted by Crippen LogP contribution is 2.40. The summed E-state index contributed by atoms with van der Waals surface area (Å²) in [7, 11) is 0. The molecular formula is C17H22ClN3O. The molecule has 0 spiro atoms. The van der Waals surface area contributed by atoms with Gasteiger partial charge < -0.3 is 14.6 Å². The van der Waals surface area contributed by atoms with E-state index in [2.05, 4.69) is 23.2 Å². The molecule has 2 aromatic rings. The minimum Gasteiger partial charge on any atom is -0.423 e. The molecule has 5 heteroatoms. The van der Waals surface area contributed by atoms with Crippen LogP contribution in [0.2, 0.25) is 5.02 Å². The first-order valence-electron chi connectivity index (χ1n) is 8.30. The maximum Gasteiger partial charge on any atom is 0.298 e. The summed E-state index contributed by atoms with van der Waals surface area (Å²) in [6, 6.07) is 5.14. The molecule has 1 aromatic carbocycles. The number of aromatic nitrogens is 1. The fourth-order valence-electron chi connectivity index (χ4n) is 3.80. The molecule has 22 heavy (non-hydrogen) atoms. The van der Waals surface area contributed by atoms with E-state index in [1.165, 1.54) is 31.2 Å². The monoisotopic (exact) mass is 319 g/mol. The van der Waals surface area contributed by atoms with E-state index in [0.717, 1.165) is 41.8 Å². The molecule has 0 amide bonds. The lowest BCUT2D eigenvalue weighted by Gasteiger charge is -2.32. The van der Waals surface area contributed by atoms with E-state index < -0.39 is 0 Å². The fourth-order valence-corrected chi connectivity index (χ4v) is 4.02. The number of oxazole rings is 1. The van der Waals surface area contributed by atoms with Crippen molar-refractivity contribution in [1.82, 2.24) is 10.3 Å². The first-order valence-corrected chi connectivity index (χ1v) is 8.67. The highest BCUT2D eigenvalue weighted by Gasteiger charge is 2.26. The molecule has 1 aliphatic heterocycles. The third kappa shape index (κ3) is 2.48. The second-order valence-electron chi connectivity index (χ2n) is 6.57. The number of benzene rings is 1. The Hall–Kier alpha value is -1.26. The highest BCUT2D eigenvalue weighted by atomic mass is 35.5. The van der Waals surface area contributed by atoms with Crippen LogP contribution in [0.5, 0.6) is 0 Å². The van der Waals surface area contributed by atoms with Gasteiger partial charge in [-0.05, 0) is 37.8 Å². The van der Waals surface area contributed by atoms with Crippen molar-refractivity contribution in [3.63, 3.8) is 0 Å². The summed E-state index contributed by atoms with van der Waals surface area (Å²) in [6.45, 7) is 5.07. The summed E-state index contributed by atoms with van der Waals surface area (Å²) in [5.74, 6) is 0.572. The first kappa shape index (κ1) is 14.3. The summed E-state index contributed by atoms with van der Waals surface area (Å²) in [4.78, 5) is 6.98. The van der Waals surface area contributed by atoms with Gasteiger partial charge in [0, 0.05) is 36.3 Å². The molecule has 1 N–H and O–H groups in total. The Morgan fingerprint density at radius 3 is 2.91 bits per heavy atom. The van der Waals surface area contributed by atoms with E-state index in [9.17, 15) is 0 Å². The van der Waals surface area contributed by atoms with Crippen LogP contribution in [0.4, 0.5) is 6.01 Å². The van der Waals surface area contributed by atoms with Gasteiger partial charge in [-0.25, -0.2) is 0 Å². The van der Waals surface area contributed by atoms with Gasteiger partial charge in [-0.2, -0.15) is 4.98 Å². The zero-order valence-electron chi connectivity index (χ0n) is 12.9. The van der Waals surface area contributed by atoms with E-state index >= 15 is 0 Å². The van der Waals surface area contributed by atoms with Crippen LogP contribution in [0.3, 0.4) is 0 Å². The highest BCUT2D eigenvalue weighted by molar-refractivity contribution is 6.31. The quantitative estimate of drug-likeness (QED) is 0.910. The number of nitrogens with one attached hydrogen (secondary N) is 1. The Morgan fingerprint density at radius 1 is 1.32 bits per heavy atom. The molecule has 4 nitrogen and oxygen atoms in total. The summed E-state index contributed by atoms with van der Waals surface area (Å²) in [5.41, 5.74) is 3.09. The molecule has 0 bridgehead atoms. The number of halogens is 1. The smallest absolute Gasteiger partial charge is 0.298 e. The Morgan fingerprint density at radius 2 is 2.14 bits per heavy atom. The Labute approximate surface area is 135 Å². The van der Waals surface area contributed by atoms with Crippen molar-refractivity contribution in [2.75, 3.05) is 24.5 Å². The van der Waals surface area contributed by atoms with Crippen LogP contribution in [0, 0.1) is 0 Å². The van der Waals surface area contributed by atoms with Crippen LogP contribution in [0.25, 0.3) is 11.1 Å². The van der Waals surface area contributed by atoms with Crippen LogP contribution in [0.15, 0.2) is 16.5 Å². The third-order valence-electron chi connectivity index (χ3n) is 5.01. The summed E-state index contributed by atoms with van der Waals surface area (Å²) in [6.07, 6.45) is 5.06. The van der Waals surface area contributed by atoms with E-state index in [4.69, 9.17) is 21.0 Å². The van der Waals surface area contributed by atoms with Crippen molar-refractivity contribution in [2.24, 2.45) is 0 Å². The van der Waals surface area contributed by atoms with Crippen LogP contribution in [-0.2, 0) is 0 Å². The van der Waals surface area contributed by atoms with Crippen LogP contribution in [0.1, 0.15) is 44.1 Å². The number of hydrogen-bond acceptors (Lipinski definition) is 4. The average Bonchev–Trinajstić information content (AvgIpc) is 3.15. The van der Waals surface area contributed by atoms with Crippen LogP contribution in [-0.4, -0.2) is 30.7 Å². The zero-order chi connectivity index (χ0) is 15.1. The minimum absolute atomic E-state index is 0.396. The summed E-state index contributed by atoms with van der Waals surface area (Å²) < 4.78 is 6.20. The normalized spacial score (nSPS) is 23.5. The van der Waals surface area contributed by atoms with Crippen molar-refractivity contribution in [3.05, 3.63) is 22.7 Å². The molecule has 2 fully saturated rings. The second kappa shape index (κ2) is 5.74. The van der Waals surface area contributed by atoms with Crippen molar-refractivity contribution in [2.45, 2.75) is 44.6 Å². The maximum atomic E-state index is 6.32. The van der Waals surface area contributed by atoms with E-state index in [-0.39, 0.29) is 0 Å². The molecule has 1 aromatic heterocycles. The van der Waals surface area contributed by atoms with Crippen molar-refractivity contribution >= 4 is 28.7 Å². The van der Waals surface area contributed by atoms with Crippen LogP contribution >= 0.6 is 11.6 Å². The lowest BCUT2D eigenvalue weighted by atomic mass is 9.97. The van der Waals surface area contributed by atoms with Gasteiger partial charge in [-0.15, -0.1) is 0 Å². The average molecular weight is 320 g/mol. The Bertz CT molecular complexity index is 678. The molecule has 0 radical (unpaired) electrons.